The Morgan fingerprint density at radius 1 is 1.14 bits per heavy atom. The lowest BCUT2D eigenvalue weighted by atomic mass is 10.0. The lowest BCUT2D eigenvalue weighted by Gasteiger charge is -2.32. The largest absolute Gasteiger partial charge is 0.492 e. The number of sulfone groups is 1. The Kier molecular flexibility index (Phi) is 7.82. The summed E-state index contributed by atoms with van der Waals surface area (Å²) in [5.74, 6) is 0.0367. The highest BCUT2D eigenvalue weighted by molar-refractivity contribution is 7.89. The molecule has 186 valence electrons. The summed E-state index contributed by atoms with van der Waals surface area (Å²) in [6.07, 6.45) is 5.79. The van der Waals surface area contributed by atoms with Gasteiger partial charge in [-0.1, -0.05) is 30.7 Å². The van der Waals surface area contributed by atoms with Crippen molar-refractivity contribution in [3.8, 4) is 5.75 Å². The van der Waals surface area contributed by atoms with Crippen LogP contribution in [-0.4, -0.2) is 55.8 Å². The van der Waals surface area contributed by atoms with Crippen LogP contribution in [0.4, 0.5) is 27.5 Å². The molecule has 0 amide bonds. The number of piperidine rings is 1. The van der Waals surface area contributed by atoms with Crippen LogP contribution >= 0.6 is 0 Å². The Balaban J connectivity index is 1.46. The molecule has 0 radical (unpaired) electrons. The molecule has 1 unspecified atom stereocenters. The summed E-state index contributed by atoms with van der Waals surface area (Å²) in [5.41, 5.74) is 1.69. The van der Waals surface area contributed by atoms with Gasteiger partial charge in [0.25, 0.3) is 0 Å². The van der Waals surface area contributed by atoms with Crippen LogP contribution in [0, 0.1) is 5.82 Å². The normalized spacial score (nSPS) is 16.6. The molecule has 2 aromatic carbocycles. The zero-order valence-corrected chi connectivity index (χ0v) is 20.7. The Hall–Kier alpha value is -3.24. The topological polar surface area (TPSA) is 96.5 Å². The molecule has 1 aromatic heterocycles. The number of benzene rings is 2. The number of para-hydroxylation sites is 1. The third-order valence-electron chi connectivity index (χ3n) is 5.89. The number of nitrogens with one attached hydrogen (secondary N) is 2. The van der Waals surface area contributed by atoms with Gasteiger partial charge in [0.1, 0.15) is 12.4 Å². The van der Waals surface area contributed by atoms with E-state index in [1.165, 1.54) is 12.8 Å². The molecule has 0 spiro atoms. The third-order valence-corrected chi connectivity index (χ3v) is 6.72. The van der Waals surface area contributed by atoms with Crippen molar-refractivity contribution < 1.29 is 17.5 Å². The number of anilines is 4. The fourth-order valence-electron chi connectivity index (χ4n) is 4.03. The molecule has 0 bridgehead atoms. The molecule has 4 rings (SSSR count). The molecule has 8 nitrogen and oxygen atoms in total. The van der Waals surface area contributed by atoms with Crippen molar-refractivity contribution in [2.45, 2.75) is 31.1 Å². The molecule has 1 aliphatic rings. The Morgan fingerprint density at radius 3 is 2.77 bits per heavy atom. The van der Waals surface area contributed by atoms with Gasteiger partial charge in [0.2, 0.25) is 5.95 Å². The first-order chi connectivity index (χ1) is 16.8. The molecule has 3 aromatic rings. The summed E-state index contributed by atoms with van der Waals surface area (Å²) >= 11 is 0. The van der Waals surface area contributed by atoms with Gasteiger partial charge >= 0.3 is 0 Å². The minimum absolute atomic E-state index is 0.0591. The monoisotopic (exact) mass is 499 g/mol. The predicted molar refractivity (Wildman–Crippen MR) is 136 cm³/mol. The van der Waals surface area contributed by atoms with E-state index in [9.17, 15) is 12.8 Å². The van der Waals surface area contributed by atoms with Gasteiger partial charge in [0.05, 0.1) is 11.9 Å². The first-order valence-electron chi connectivity index (χ1n) is 11.5. The second kappa shape index (κ2) is 11.0. The molecule has 1 aliphatic heterocycles. The van der Waals surface area contributed by atoms with Gasteiger partial charge in [0, 0.05) is 29.7 Å². The van der Waals surface area contributed by atoms with Gasteiger partial charge in [-0.25, -0.2) is 17.8 Å². The molecule has 1 fully saturated rings. The molecular weight excluding hydrogens is 469 g/mol. The van der Waals surface area contributed by atoms with Crippen LogP contribution < -0.4 is 15.4 Å². The zero-order valence-electron chi connectivity index (χ0n) is 19.9. The smallest absolute Gasteiger partial charge is 0.229 e. The zero-order chi connectivity index (χ0) is 24.8. The fourth-order valence-corrected chi connectivity index (χ4v) is 4.85. The van der Waals surface area contributed by atoms with Crippen molar-refractivity contribution in [3.63, 3.8) is 0 Å². The number of likely N-dealkylation sites (N-methyl/N-ethyl adjacent to an activating group) is 1. The second-order valence-electron chi connectivity index (χ2n) is 8.84. The van der Waals surface area contributed by atoms with Crippen molar-refractivity contribution in [2.75, 3.05) is 37.1 Å². The summed E-state index contributed by atoms with van der Waals surface area (Å²) in [6.45, 7) is 1.71. The number of aromatic nitrogens is 2. The highest BCUT2D eigenvalue weighted by Crippen LogP contribution is 2.26. The van der Waals surface area contributed by atoms with Gasteiger partial charge in [0.15, 0.2) is 21.5 Å². The lowest BCUT2D eigenvalue weighted by molar-refractivity contribution is 0.125. The summed E-state index contributed by atoms with van der Waals surface area (Å²) in [4.78, 5) is 10.6. The standard InChI is InChI=1S/C25H30FN5O3S/c1-31-13-6-5-10-20(31)16-34-21-11-7-9-19(14-21)28-25-27-15-22(26)24(30-25)29-23-12-4-3-8-18(23)17-35(2,32)33/h3-4,7-9,11-12,14-15,20H,5-6,10,13,16-17H2,1-2H3,(H2,27,28,29,30). The van der Waals surface area contributed by atoms with Crippen LogP contribution in [0.15, 0.2) is 54.7 Å². The van der Waals surface area contributed by atoms with E-state index in [0.717, 1.165) is 31.2 Å². The van der Waals surface area contributed by atoms with Gasteiger partial charge < -0.3 is 20.3 Å². The van der Waals surface area contributed by atoms with Crippen LogP contribution in [0.5, 0.6) is 5.75 Å². The highest BCUT2D eigenvalue weighted by Gasteiger charge is 2.19. The number of nitrogens with zero attached hydrogens (tertiary/aromatic N) is 3. The predicted octanol–water partition coefficient (Wildman–Crippen LogP) is 4.51. The molecule has 0 saturated carbocycles. The molecule has 0 aliphatic carbocycles. The van der Waals surface area contributed by atoms with Crippen LogP contribution in [0.25, 0.3) is 0 Å². The number of halogens is 1. The number of rotatable bonds is 9. The van der Waals surface area contributed by atoms with Crippen molar-refractivity contribution in [2.24, 2.45) is 0 Å². The summed E-state index contributed by atoms with van der Waals surface area (Å²) in [7, 11) is -1.14. The lowest BCUT2D eigenvalue weighted by Crippen LogP contribution is -2.40. The summed E-state index contributed by atoms with van der Waals surface area (Å²) in [6, 6.07) is 14.7. The highest BCUT2D eigenvalue weighted by atomic mass is 32.2. The fraction of sp³-hybridized carbons (Fsp3) is 0.360. The van der Waals surface area contributed by atoms with Crippen molar-refractivity contribution in [1.29, 1.82) is 0 Å². The Bertz CT molecular complexity index is 1270. The quantitative estimate of drug-likeness (QED) is 0.444. The minimum Gasteiger partial charge on any atom is -0.492 e. The van der Waals surface area contributed by atoms with Crippen LogP contribution in [-0.2, 0) is 15.6 Å². The average molecular weight is 500 g/mol. The maximum Gasteiger partial charge on any atom is 0.229 e. The molecule has 35 heavy (non-hydrogen) atoms. The van der Waals surface area contributed by atoms with Crippen LogP contribution in [0.2, 0.25) is 0 Å². The Morgan fingerprint density at radius 2 is 1.97 bits per heavy atom. The molecule has 2 heterocycles. The average Bonchev–Trinajstić information content (AvgIpc) is 2.81. The van der Waals surface area contributed by atoms with E-state index in [2.05, 4.69) is 32.5 Å². The van der Waals surface area contributed by atoms with Gasteiger partial charge in [-0.15, -0.1) is 0 Å². The van der Waals surface area contributed by atoms with E-state index < -0.39 is 15.7 Å². The van der Waals surface area contributed by atoms with E-state index in [0.29, 0.717) is 29.6 Å². The molecule has 1 saturated heterocycles. The van der Waals surface area contributed by atoms with E-state index in [-0.39, 0.29) is 17.5 Å². The van der Waals surface area contributed by atoms with E-state index >= 15 is 0 Å². The number of likely N-dealkylation sites (tertiary alicyclic amines) is 1. The number of hydrogen-bond acceptors (Lipinski definition) is 8. The summed E-state index contributed by atoms with van der Waals surface area (Å²) < 4.78 is 44.0. The molecule has 2 N–H and O–H groups in total. The van der Waals surface area contributed by atoms with E-state index in [1.807, 2.05) is 24.3 Å². The number of hydrogen-bond donors (Lipinski definition) is 2. The van der Waals surface area contributed by atoms with Crippen molar-refractivity contribution in [3.05, 3.63) is 66.1 Å². The molecule has 10 heteroatoms. The minimum atomic E-state index is -3.26. The molecule has 1 atom stereocenters. The SMILES string of the molecule is CN1CCCCC1COc1cccc(Nc2ncc(F)c(Nc3ccccc3CS(C)(=O)=O)n2)c1. The van der Waals surface area contributed by atoms with E-state index in [4.69, 9.17) is 4.74 Å². The first-order valence-corrected chi connectivity index (χ1v) is 13.6. The van der Waals surface area contributed by atoms with E-state index in [1.54, 1.807) is 24.3 Å². The van der Waals surface area contributed by atoms with Gasteiger partial charge in [-0.2, -0.15) is 4.98 Å². The Labute approximate surface area is 205 Å². The maximum atomic E-state index is 14.5. The maximum absolute atomic E-state index is 14.5. The van der Waals surface area contributed by atoms with Gasteiger partial charge in [-0.3, -0.25) is 0 Å². The molecular formula is C25H30FN5O3S. The third kappa shape index (κ3) is 7.12. The van der Waals surface area contributed by atoms with Crippen LogP contribution in [0.1, 0.15) is 24.8 Å². The van der Waals surface area contributed by atoms with Gasteiger partial charge in [-0.05, 0) is 50.2 Å². The second-order valence-corrected chi connectivity index (χ2v) is 11.0. The number of ether oxygens (including phenoxy) is 1. The summed E-state index contributed by atoms with van der Waals surface area (Å²) in [5, 5.41) is 5.98. The van der Waals surface area contributed by atoms with Crippen LogP contribution in [0.3, 0.4) is 0 Å². The first kappa shape index (κ1) is 24.9. The van der Waals surface area contributed by atoms with Crippen molar-refractivity contribution in [1.82, 2.24) is 14.9 Å². The van der Waals surface area contributed by atoms with Crippen molar-refractivity contribution >= 4 is 33.0 Å².